The Morgan fingerprint density at radius 2 is 2.11 bits per heavy atom. The number of hydrogen-bond donors (Lipinski definition) is 1. The van der Waals surface area contributed by atoms with Gasteiger partial charge in [-0.1, -0.05) is 30.3 Å². The van der Waals surface area contributed by atoms with Crippen molar-refractivity contribution in [2.24, 2.45) is 7.05 Å². The lowest BCUT2D eigenvalue weighted by Gasteiger charge is -2.18. The molecular weight excluding hydrogens is 228 g/mol. The van der Waals surface area contributed by atoms with Gasteiger partial charge in [-0.2, -0.15) is 0 Å². The van der Waals surface area contributed by atoms with E-state index in [2.05, 4.69) is 27.6 Å². The van der Waals surface area contributed by atoms with Crippen molar-refractivity contribution in [2.75, 3.05) is 13.7 Å². The van der Waals surface area contributed by atoms with E-state index in [1.807, 2.05) is 29.8 Å². The second kappa shape index (κ2) is 6.28. The first kappa shape index (κ1) is 12.7. The fraction of sp³-hybridized carbons (Fsp3) is 0.385. The molecule has 0 saturated carbocycles. The maximum absolute atomic E-state index is 5.25. The fourth-order valence-electron chi connectivity index (χ4n) is 1.81. The van der Waals surface area contributed by atoms with Gasteiger partial charge in [0.2, 0.25) is 0 Å². The second-order valence-corrected chi connectivity index (χ2v) is 4.16. The van der Waals surface area contributed by atoms with Crippen LogP contribution in [0.5, 0.6) is 0 Å². The Labute approximate surface area is 107 Å². The molecule has 96 valence electrons. The third-order valence-corrected chi connectivity index (χ3v) is 2.85. The van der Waals surface area contributed by atoms with E-state index in [4.69, 9.17) is 4.74 Å². The molecule has 0 bridgehead atoms. The Kier molecular flexibility index (Phi) is 4.44. The Morgan fingerprint density at radius 3 is 2.72 bits per heavy atom. The molecule has 0 aliphatic heterocycles. The van der Waals surface area contributed by atoms with Gasteiger partial charge in [0.15, 0.2) is 0 Å². The molecular formula is C13H18N4O. The molecule has 1 N–H and O–H groups in total. The van der Waals surface area contributed by atoms with Crippen molar-refractivity contribution in [3.63, 3.8) is 0 Å². The Bertz CT molecular complexity index is 469. The van der Waals surface area contributed by atoms with Crippen LogP contribution in [-0.2, 0) is 18.3 Å². The first-order valence-corrected chi connectivity index (χ1v) is 5.91. The topological polar surface area (TPSA) is 52.0 Å². The lowest BCUT2D eigenvalue weighted by molar-refractivity contribution is 0.165. The Hall–Kier alpha value is -1.72. The molecule has 18 heavy (non-hydrogen) atoms. The van der Waals surface area contributed by atoms with Gasteiger partial charge in [-0.25, -0.2) is 0 Å². The molecule has 0 fully saturated rings. The van der Waals surface area contributed by atoms with Gasteiger partial charge in [-0.05, 0) is 5.56 Å². The van der Waals surface area contributed by atoms with Crippen LogP contribution >= 0.6 is 0 Å². The van der Waals surface area contributed by atoms with Gasteiger partial charge in [-0.3, -0.25) is 0 Å². The average molecular weight is 246 g/mol. The van der Waals surface area contributed by atoms with Crippen LogP contribution in [0.25, 0.3) is 0 Å². The summed E-state index contributed by atoms with van der Waals surface area (Å²) >= 11 is 0. The largest absolute Gasteiger partial charge is 0.383 e. The summed E-state index contributed by atoms with van der Waals surface area (Å²) in [5.41, 5.74) is 1.21. The van der Waals surface area contributed by atoms with E-state index >= 15 is 0 Å². The van der Waals surface area contributed by atoms with E-state index in [9.17, 15) is 0 Å². The van der Waals surface area contributed by atoms with Crippen LogP contribution in [0.2, 0.25) is 0 Å². The van der Waals surface area contributed by atoms with Crippen LogP contribution < -0.4 is 5.32 Å². The zero-order valence-electron chi connectivity index (χ0n) is 10.7. The number of benzene rings is 1. The first-order valence-electron chi connectivity index (χ1n) is 5.91. The molecule has 2 aromatic rings. The second-order valence-electron chi connectivity index (χ2n) is 4.16. The van der Waals surface area contributed by atoms with Crippen molar-refractivity contribution in [1.29, 1.82) is 0 Å². The zero-order chi connectivity index (χ0) is 12.8. The van der Waals surface area contributed by atoms with Gasteiger partial charge in [-0.15, -0.1) is 10.2 Å². The van der Waals surface area contributed by atoms with Crippen LogP contribution in [0.15, 0.2) is 36.7 Å². The highest BCUT2D eigenvalue weighted by molar-refractivity contribution is 5.19. The summed E-state index contributed by atoms with van der Waals surface area (Å²) in [4.78, 5) is 0. The van der Waals surface area contributed by atoms with Crippen molar-refractivity contribution in [2.45, 2.75) is 12.6 Å². The molecule has 0 radical (unpaired) electrons. The summed E-state index contributed by atoms with van der Waals surface area (Å²) < 4.78 is 7.16. The number of nitrogens with zero attached hydrogens (tertiary/aromatic N) is 3. The molecule has 1 aromatic heterocycles. The molecule has 0 aliphatic rings. The molecule has 5 nitrogen and oxygen atoms in total. The highest BCUT2D eigenvalue weighted by Gasteiger charge is 2.11. The zero-order valence-corrected chi connectivity index (χ0v) is 10.7. The fourth-order valence-corrected chi connectivity index (χ4v) is 1.81. The SMILES string of the molecule is COCC(NCc1nncn1C)c1ccccc1. The maximum atomic E-state index is 5.25. The van der Waals surface area contributed by atoms with Gasteiger partial charge >= 0.3 is 0 Å². The van der Waals surface area contributed by atoms with E-state index in [1.165, 1.54) is 5.56 Å². The number of rotatable bonds is 6. The Balaban J connectivity index is 2.01. The van der Waals surface area contributed by atoms with Crippen molar-refractivity contribution in [3.05, 3.63) is 48.0 Å². The number of aromatic nitrogens is 3. The number of hydrogen-bond acceptors (Lipinski definition) is 4. The predicted molar refractivity (Wildman–Crippen MR) is 68.9 cm³/mol. The van der Waals surface area contributed by atoms with Crippen LogP contribution in [0, 0.1) is 0 Å². The van der Waals surface area contributed by atoms with E-state index in [1.54, 1.807) is 13.4 Å². The van der Waals surface area contributed by atoms with Gasteiger partial charge in [0.1, 0.15) is 12.2 Å². The average Bonchev–Trinajstić information content (AvgIpc) is 2.81. The third-order valence-electron chi connectivity index (χ3n) is 2.85. The molecule has 0 aliphatic carbocycles. The normalized spacial score (nSPS) is 12.6. The minimum Gasteiger partial charge on any atom is -0.383 e. The number of aryl methyl sites for hydroxylation is 1. The molecule has 5 heteroatoms. The lowest BCUT2D eigenvalue weighted by atomic mass is 10.1. The standard InChI is InChI=1S/C13H18N4O/c1-17-10-15-16-13(17)8-14-12(9-18-2)11-6-4-3-5-7-11/h3-7,10,12,14H,8-9H2,1-2H3. The van der Waals surface area contributed by atoms with Crippen LogP contribution in [0.1, 0.15) is 17.4 Å². The highest BCUT2D eigenvalue weighted by Crippen LogP contribution is 2.13. The van der Waals surface area contributed by atoms with Crippen molar-refractivity contribution < 1.29 is 4.74 Å². The smallest absolute Gasteiger partial charge is 0.146 e. The summed E-state index contributed by atoms with van der Waals surface area (Å²) in [6.07, 6.45) is 1.70. The summed E-state index contributed by atoms with van der Waals surface area (Å²) in [5.74, 6) is 0.909. The molecule has 2 rings (SSSR count). The van der Waals surface area contributed by atoms with Crippen LogP contribution in [0.4, 0.5) is 0 Å². The minimum atomic E-state index is 0.160. The quantitative estimate of drug-likeness (QED) is 0.834. The monoisotopic (exact) mass is 246 g/mol. The number of ether oxygens (including phenoxy) is 1. The molecule has 1 aromatic carbocycles. The number of nitrogens with one attached hydrogen (secondary N) is 1. The summed E-state index contributed by atoms with van der Waals surface area (Å²) in [6.45, 7) is 1.29. The van der Waals surface area contributed by atoms with Crippen molar-refractivity contribution in [1.82, 2.24) is 20.1 Å². The highest BCUT2D eigenvalue weighted by atomic mass is 16.5. The maximum Gasteiger partial charge on any atom is 0.146 e. The third kappa shape index (κ3) is 3.15. The number of methoxy groups -OCH3 is 1. The molecule has 1 heterocycles. The van der Waals surface area contributed by atoms with Crippen molar-refractivity contribution >= 4 is 0 Å². The van der Waals surface area contributed by atoms with E-state index in [0.717, 1.165) is 5.82 Å². The Morgan fingerprint density at radius 1 is 1.33 bits per heavy atom. The molecule has 0 spiro atoms. The lowest BCUT2D eigenvalue weighted by Crippen LogP contribution is -2.26. The molecule has 1 atom stereocenters. The molecule has 0 saturated heterocycles. The predicted octanol–water partition coefficient (Wildman–Crippen LogP) is 1.29. The van der Waals surface area contributed by atoms with Gasteiger partial charge in [0, 0.05) is 14.2 Å². The van der Waals surface area contributed by atoms with Gasteiger partial charge in [0.05, 0.1) is 19.2 Å². The minimum absolute atomic E-state index is 0.160. The summed E-state index contributed by atoms with van der Waals surface area (Å²) in [5, 5.41) is 11.3. The molecule has 0 amide bonds. The van der Waals surface area contributed by atoms with E-state index in [-0.39, 0.29) is 6.04 Å². The van der Waals surface area contributed by atoms with E-state index < -0.39 is 0 Å². The first-order chi connectivity index (χ1) is 8.81. The van der Waals surface area contributed by atoms with Crippen LogP contribution in [0.3, 0.4) is 0 Å². The van der Waals surface area contributed by atoms with E-state index in [0.29, 0.717) is 13.2 Å². The van der Waals surface area contributed by atoms with Gasteiger partial charge < -0.3 is 14.6 Å². The van der Waals surface area contributed by atoms with Gasteiger partial charge in [0.25, 0.3) is 0 Å². The summed E-state index contributed by atoms with van der Waals surface area (Å²) in [6, 6.07) is 10.4. The molecule has 1 unspecified atom stereocenters. The van der Waals surface area contributed by atoms with Crippen molar-refractivity contribution in [3.8, 4) is 0 Å². The van der Waals surface area contributed by atoms with Crippen LogP contribution in [-0.4, -0.2) is 28.5 Å². The summed E-state index contributed by atoms with van der Waals surface area (Å²) in [7, 11) is 3.64.